The molecule has 0 spiro atoms. The summed E-state index contributed by atoms with van der Waals surface area (Å²) in [6, 6.07) is 15.4. The molecule has 0 bridgehead atoms. The van der Waals surface area contributed by atoms with Crippen molar-refractivity contribution >= 4 is 11.6 Å². The molecular weight excluding hydrogens is 570 g/mol. The van der Waals surface area contributed by atoms with Gasteiger partial charge in [-0.2, -0.15) is 0 Å². The first-order chi connectivity index (χ1) is 21.7. The molecule has 0 saturated carbocycles. The van der Waals surface area contributed by atoms with Gasteiger partial charge in [-0.25, -0.2) is 0 Å². The van der Waals surface area contributed by atoms with Crippen molar-refractivity contribution in [1.82, 2.24) is 10.6 Å². The van der Waals surface area contributed by atoms with E-state index in [0.717, 1.165) is 68.1 Å². The number of carbonyl (C=O) groups is 1. The van der Waals surface area contributed by atoms with Crippen LogP contribution in [0.2, 0.25) is 0 Å². The molecule has 9 heteroatoms. The number of hydrogen-bond acceptors (Lipinski definition) is 8. The maximum absolute atomic E-state index is 12.6. The summed E-state index contributed by atoms with van der Waals surface area (Å²) in [5.41, 5.74) is 4.20. The third-order valence-electron chi connectivity index (χ3n) is 8.95. The van der Waals surface area contributed by atoms with E-state index in [-0.39, 0.29) is 24.0 Å². The Morgan fingerprint density at radius 1 is 1.09 bits per heavy atom. The van der Waals surface area contributed by atoms with E-state index in [9.17, 15) is 4.79 Å². The van der Waals surface area contributed by atoms with Gasteiger partial charge in [0.15, 0.2) is 0 Å². The maximum Gasteiger partial charge on any atom is 0.225 e. The number of methoxy groups -OCH3 is 2. The van der Waals surface area contributed by atoms with Crippen molar-refractivity contribution in [2.75, 3.05) is 72.2 Å². The molecule has 1 amide bonds. The second kappa shape index (κ2) is 17.3. The third kappa shape index (κ3) is 10.1. The Balaban J connectivity index is 1.45. The highest BCUT2D eigenvalue weighted by Crippen LogP contribution is 2.36. The predicted molar refractivity (Wildman–Crippen MR) is 178 cm³/mol. The highest BCUT2D eigenvalue weighted by molar-refractivity contribution is 5.81. The highest BCUT2D eigenvalue weighted by Gasteiger charge is 2.37. The number of anilines is 1. The zero-order valence-electron chi connectivity index (χ0n) is 28.2. The Bertz CT molecular complexity index is 1190. The zero-order valence-corrected chi connectivity index (χ0v) is 28.2. The molecule has 45 heavy (non-hydrogen) atoms. The number of rotatable bonds is 17. The summed E-state index contributed by atoms with van der Waals surface area (Å²) >= 11 is 0. The van der Waals surface area contributed by atoms with Crippen LogP contribution in [0.1, 0.15) is 62.6 Å². The van der Waals surface area contributed by atoms with Crippen LogP contribution in [0.3, 0.4) is 0 Å². The zero-order chi connectivity index (χ0) is 32.2. The number of ether oxygens (including phenoxy) is 5. The fraction of sp³-hybridized carbons (Fsp3) is 0.639. The van der Waals surface area contributed by atoms with Crippen molar-refractivity contribution in [3.8, 4) is 5.75 Å². The van der Waals surface area contributed by atoms with Gasteiger partial charge in [0.25, 0.3) is 0 Å². The first kappa shape index (κ1) is 35.2. The maximum atomic E-state index is 12.6. The van der Waals surface area contributed by atoms with Crippen LogP contribution in [-0.4, -0.2) is 85.4 Å². The summed E-state index contributed by atoms with van der Waals surface area (Å²) in [7, 11) is 5.18. The molecule has 2 N–H and O–H groups in total. The van der Waals surface area contributed by atoms with Crippen molar-refractivity contribution in [1.29, 1.82) is 0 Å². The van der Waals surface area contributed by atoms with Crippen LogP contribution in [-0.2, 0) is 37.0 Å². The quantitative estimate of drug-likeness (QED) is 0.240. The van der Waals surface area contributed by atoms with E-state index < -0.39 is 5.41 Å². The average molecular weight is 626 g/mol. The molecule has 4 rings (SSSR count). The summed E-state index contributed by atoms with van der Waals surface area (Å²) in [6.45, 7) is 12.6. The molecule has 2 aromatic rings. The van der Waals surface area contributed by atoms with E-state index in [2.05, 4.69) is 64.9 Å². The van der Waals surface area contributed by atoms with Gasteiger partial charge in [0.05, 0.1) is 44.8 Å². The van der Waals surface area contributed by atoms with E-state index in [0.29, 0.717) is 39.0 Å². The minimum atomic E-state index is -0.466. The van der Waals surface area contributed by atoms with Crippen LogP contribution in [0.15, 0.2) is 42.5 Å². The van der Waals surface area contributed by atoms with Gasteiger partial charge in [0.2, 0.25) is 5.91 Å². The highest BCUT2D eigenvalue weighted by atomic mass is 16.5. The molecule has 9 nitrogen and oxygen atoms in total. The molecule has 1 fully saturated rings. The van der Waals surface area contributed by atoms with Crippen molar-refractivity contribution in [2.45, 2.75) is 71.3 Å². The van der Waals surface area contributed by atoms with Crippen LogP contribution >= 0.6 is 0 Å². The second-order valence-corrected chi connectivity index (χ2v) is 13.3. The first-order valence-electron chi connectivity index (χ1n) is 16.5. The van der Waals surface area contributed by atoms with Crippen LogP contribution < -0.4 is 20.3 Å². The molecular formula is C36H55N3O6. The Labute approximate surface area is 270 Å². The van der Waals surface area contributed by atoms with Crippen molar-refractivity contribution in [3.63, 3.8) is 0 Å². The minimum Gasteiger partial charge on any atom is -0.490 e. The molecule has 0 radical (unpaired) electrons. The van der Waals surface area contributed by atoms with Crippen LogP contribution in [0.4, 0.5) is 5.69 Å². The van der Waals surface area contributed by atoms with Crippen LogP contribution in [0, 0.1) is 11.3 Å². The van der Waals surface area contributed by atoms with Gasteiger partial charge < -0.3 is 39.2 Å². The molecule has 0 aromatic heterocycles. The molecule has 4 atom stereocenters. The number of benzene rings is 2. The van der Waals surface area contributed by atoms with Gasteiger partial charge in [0, 0.05) is 64.3 Å². The van der Waals surface area contributed by atoms with Gasteiger partial charge >= 0.3 is 0 Å². The van der Waals surface area contributed by atoms with E-state index in [1.807, 2.05) is 13.8 Å². The van der Waals surface area contributed by atoms with E-state index in [1.165, 1.54) is 5.56 Å². The number of hydrogen-bond donors (Lipinski definition) is 2. The Morgan fingerprint density at radius 2 is 1.87 bits per heavy atom. The minimum absolute atomic E-state index is 0.00792. The first-order valence-corrected chi connectivity index (χ1v) is 16.5. The molecule has 2 aromatic carbocycles. The molecule has 2 aliphatic rings. The molecule has 250 valence electrons. The van der Waals surface area contributed by atoms with Crippen LogP contribution in [0.5, 0.6) is 5.75 Å². The molecule has 1 unspecified atom stereocenters. The van der Waals surface area contributed by atoms with Gasteiger partial charge in [-0.3, -0.25) is 4.79 Å². The van der Waals surface area contributed by atoms with E-state index in [1.54, 1.807) is 21.3 Å². The molecule has 0 aliphatic carbocycles. The number of amides is 1. The average Bonchev–Trinajstić information content (AvgIpc) is 3.04. The number of fused-ring (bicyclic) bond motifs is 1. The van der Waals surface area contributed by atoms with Crippen molar-refractivity contribution < 1.29 is 28.5 Å². The number of piperidine rings is 1. The summed E-state index contributed by atoms with van der Waals surface area (Å²) in [5.74, 6) is 1.55. The van der Waals surface area contributed by atoms with Gasteiger partial charge in [0.1, 0.15) is 12.4 Å². The summed E-state index contributed by atoms with van der Waals surface area (Å²) in [5, 5.41) is 6.54. The number of carbonyl (C=O) groups excluding carboxylic acids is 1. The lowest BCUT2D eigenvalue weighted by molar-refractivity contribution is -0.129. The van der Waals surface area contributed by atoms with Crippen molar-refractivity contribution in [2.24, 2.45) is 11.3 Å². The SMILES string of the molecule is CNC(=O)C(C)(C)CC1C[C@H](c2ccc(COC[C@@H](C)COC)cc2)[C@@H](OCc2ccc3c(c2)N(CCCOC)CCO3)CN1. The smallest absolute Gasteiger partial charge is 0.225 e. The van der Waals surface area contributed by atoms with E-state index in [4.69, 9.17) is 23.7 Å². The fourth-order valence-electron chi connectivity index (χ4n) is 6.51. The third-order valence-corrected chi connectivity index (χ3v) is 8.95. The monoisotopic (exact) mass is 625 g/mol. The van der Waals surface area contributed by atoms with Gasteiger partial charge in [-0.1, -0.05) is 51.1 Å². The standard InChI is InChI=1S/C36H55N3O6/c1-26(22-42-6)23-43-24-27-8-11-29(12-9-27)31-19-30(20-36(2,3)35(40)37-4)38-21-34(31)45-25-28-10-13-33-32(18-28)39(15-17-44-33)14-7-16-41-5/h8-13,18,26,30-31,34,38H,7,14-17,19-25H2,1-6H3,(H,37,40)/t26-,30?,31+,34-/m0/s1. The largest absolute Gasteiger partial charge is 0.490 e. The fourth-order valence-corrected chi connectivity index (χ4v) is 6.51. The topological polar surface area (TPSA) is 90.5 Å². The van der Waals surface area contributed by atoms with Gasteiger partial charge in [-0.15, -0.1) is 0 Å². The Hall–Kier alpha value is -2.69. The Morgan fingerprint density at radius 3 is 2.60 bits per heavy atom. The summed E-state index contributed by atoms with van der Waals surface area (Å²) in [4.78, 5) is 15.0. The summed E-state index contributed by atoms with van der Waals surface area (Å²) < 4.78 is 29.1. The molecule has 1 saturated heterocycles. The lowest BCUT2D eigenvalue weighted by atomic mass is 9.77. The lowest BCUT2D eigenvalue weighted by Crippen LogP contribution is -2.50. The van der Waals surface area contributed by atoms with E-state index >= 15 is 0 Å². The normalized spacial score (nSPS) is 20.8. The van der Waals surface area contributed by atoms with Crippen LogP contribution in [0.25, 0.3) is 0 Å². The predicted octanol–water partition coefficient (Wildman–Crippen LogP) is 4.91. The second-order valence-electron chi connectivity index (χ2n) is 13.3. The number of nitrogens with one attached hydrogen (secondary N) is 2. The Kier molecular flexibility index (Phi) is 13.5. The van der Waals surface area contributed by atoms with Crippen molar-refractivity contribution in [3.05, 3.63) is 59.2 Å². The molecule has 2 heterocycles. The number of nitrogens with zero attached hydrogens (tertiary/aromatic N) is 1. The molecule has 2 aliphatic heterocycles. The summed E-state index contributed by atoms with van der Waals surface area (Å²) in [6.07, 6.45) is 2.61. The van der Waals surface area contributed by atoms with Gasteiger partial charge in [-0.05, 0) is 48.1 Å². The lowest BCUT2D eigenvalue weighted by Gasteiger charge is -2.40.